The van der Waals surface area contributed by atoms with Crippen LogP contribution in [0.2, 0.25) is 0 Å². The molecule has 1 aliphatic rings. The Hall–Kier alpha value is -3.33. The Morgan fingerprint density at radius 1 is 0.962 bits per heavy atom. The van der Waals surface area contributed by atoms with Gasteiger partial charge in [-0.1, -0.05) is 24.3 Å². The molecule has 26 heavy (non-hydrogen) atoms. The second kappa shape index (κ2) is 6.89. The molecule has 0 spiro atoms. The molecule has 0 radical (unpaired) electrons. The van der Waals surface area contributed by atoms with Gasteiger partial charge in [-0.25, -0.2) is 4.39 Å². The first-order valence-electron chi connectivity index (χ1n) is 8.46. The summed E-state index contributed by atoms with van der Waals surface area (Å²) in [5.41, 5.74) is 1.94. The zero-order valence-electron chi connectivity index (χ0n) is 14.1. The van der Waals surface area contributed by atoms with Gasteiger partial charge in [0, 0.05) is 37.4 Å². The van der Waals surface area contributed by atoms with Gasteiger partial charge in [0.1, 0.15) is 11.9 Å². The van der Waals surface area contributed by atoms with Gasteiger partial charge in [-0.2, -0.15) is 10.2 Å². The summed E-state index contributed by atoms with van der Waals surface area (Å²) >= 11 is 0. The average molecular weight is 348 g/mol. The normalized spacial score (nSPS) is 14.3. The molecule has 4 rings (SSSR count). The van der Waals surface area contributed by atoms with E-state index in [1.54, 1.807) is 12.1 Å². The van der Waals surface area contributed by atoms with Crippen LogP contribution in [0.15, 0.2) is 59.0 Å². The molecule has 0 amide bonds. The molecule has 1 fully saturated rings. The standard InChI is InChI=1S/C20H17FN4O/c21-16-6-4-5-15(13-16)19-23-18(14-22)20(26-19)25-11-9-24(10-12-25)17-7-2-1-3-8-17/h1-8,13H,9-12H2. The molecule has 0 saturated carbocycles. The molecular formula is C20H17FN4O. The summed E-state index contributed by atoms with van der Waals surface area (Å²) in [5.74, 6) is 0.359. The van der Waals surface area contributed by atoms with E-state index in [2.05, 4.69) is 28.1 Å². The molecular weight excluding hydrogens is 331 g/mol. The fraction of sp³-hybridized carbons (Fsp3) is 0.200. The van der Waals surface area contributed by atoms with E-state index in [-0.39, 0.29) is 17.4 Å². The Kier molecular flexibility index (Phi) is 4.28. The van der Waals surface area contributed by atoms with Crippen molar-refractivity contribution in [1.29, 1.82) is 5.26 Å². The maximum absolute atomic E-state index is 13.5. The van der Waals surface area contributed by atoms with Gasteiger partial charge in [0.2, 0.25) is 17.5 Å². The number of anilines is 2. The van der Waals surface area contributed by atoms with Gasteiger partial charge in [0.15, 0.2) is 0 Å². The monoisotopic (exact) mass is 348 g/mol. The van der Waals surface area contributed by atoms with Crippen LogP contribution in [0.5, 0.6) is 0 Å². The molecule has 0 bridgehead atoms. The highest BCUT2D eigenvalue weighted by Crippen LogP contribution is 2.29. The van der Waals surface area contributed by atoms with Crippen LogP contribution in [0.3, 0.4) is 0 Å². The lowest BCUT2D eigenvalue weighted by Gasteiger charge is -2.35. The highest BCUT2D eigenvalue weighted by Gasteiger charge is 2.24. The van der Waals surface area contributed by atoms with Crippen molar-refractivity contribution in [3.05, 3.63) is 66.1 Å². The number of nitrogens with zero attached hydrogens (tertiary/aromatic N) is 4. The maximum atomic E-state index is 13.5. The number of nitriles is 1. The Morgan fingerprint density at radius 3 is 2.38 bits per heavy atom. The molecule has 2 aromatic carbocycles. The van der Waals surface area contributed by atoms with E-state index >= 15 is 0 Å². The summed E-state index contributed by atoms with van der Waals surface area (Å²) in [6.45, 7) is 3.10. The third-order valence-corrected chi connectivity index (χ3v) is 4.47. The van der Waals surface area contributed by atoms with E-state index in [4.69, 9.17) is 4.42 Å². The van der Waals surface area contributed by atoms with Crippen LogP contribution >= 0.6 is 0 Å². The number of aromatic nitrogens is 1. The number of piperazine rings is 1. The minimum Gasteiger partial charge on any atom is -0.419 e. The third-order valence-electron chi connectivity index (χ3n) is 4.47. The molecule has 2 heterocycles. The van der Waals surface area contributed by atoms with Crippen LogP contribution in [-0.4, -0.2) is 31.2 Å². The van der Waals surface area contributed by atoms with Crippen molar-refractivity contribution in [3.8, 4) is 17.5 Å². The van der Waals surface area contributed by atoms with E-state index in [0.717, 1.165) is 26.2 Å². The molecule has 1 aromatic heterocycles. The number of hydrogen-bond donors (Lipinski definition) is 0. The van der Waals surface area contributed by atoms with Crippen LogP contribution in [0.1, 0.15) is 5.69 Å². The van der Waals surface area contributed by atoms with Crippen LogP contribution in [0.25, 0.3) is 11.5 Å². The van der Waals surface area contributed by atoms with Gasteiger partial charge in [0.25, 0.3) is 0 Å². The van der Waals surface area contributed by atoms with Gasteiger partial charge in [-0.05, 0) is 30.3 Å². The molecule has 1 saturated heterocycles. The lowest BCUT2D eigenvalue weighted by molar-refractivity contribution is 0.530. The first-order chi connectivity index (χ1) is 12.7. The Bertz CT molecular complexity index is 940. The number of halogens is 1. The largest absolute Gasteiger partial charge is 0.419 e. The van der Waals surface area contributed by atoms with Crippen molar-refractivity contribution < 1.29 is 8.81 Å². The maximum Gasteiger partial charge on any atom is 0.235 e. The molecule has 1 aliphatic heterocycles. The van der Waals surface area contributed by atoms with Crippen molar-refractivity contribution in [2.24, 2.45) is 0 Å². The summed E-state index contributed by atoms with van der Waals surface area (Å²) in [5, 5.41) is 9.41. The van der Waals surface area contributed by atoms with Gasteiger partial charge in [-0.15, -0.1) is 0 Å². The highest BCUT2D eigenvalue weighted by atomic mass is 19.1. The third kappa shape index (κ3) is 3.11. The number of para-hydroxylation sites is 1. The van der Waals surface area contributed by atoms with E-state index < -0.39 is 0 Å². The molecule has 0 aliphatic carbocycles. The Morgan fingerprint density at radius 2 is 1.69 bits per heavy atom. The summed E-state index contributed by atoms with van der Waals surface area (Å²) < 4.78 is 19.3. The van der Waals surface area contributed by atoms with Crippen molar-refractivity contribution in [1.82, 2.24) is 4.98 Å². The Balaban J connectivity index is 1.54. The van der Waals surface area contributed by atoms with Crippen LogP contribution in [-0.2, 0) is 0 Å². The predicted octanol–water partition coefficient (Wildman–Crippen LogP) is 3.68. The Labute approximate surface area is 150 Å². The quantitative estimate of drug-likeness (QED) is 0.723. The first kappa shape index (κ1) is 16.2. The minimum atomic E-state index is -0.364. The fourth-order valence-corrected chi connectivity index (χ4v) is 3.15. The molecule has 0 unspecified atom stereocenters. The van der Waals surface area contributed by atoms with Crippen molar-refractivity contribution in [2.75, 3.05) is 36.0 Å². The lowest BCUT2D eigenvalue weighted by atomic mass is 10.2. The van der Waals surface area contributed by atoms with Gasteiger partial charge in [-0.3, -0.25) is 0 Å². The van der Waals surface area contributed by atoms with Crippen LogP contribution in [0, 0.1) is 17.1 Å². The predicted molar refractivity (Wildman–Crippen MR) is 97.5 cm³/mol. The van der Waals surface area contributed by atoms with Crippen LogP contribution < -0.4 is 9.80 Å². The van der Waals surface area contributed by atoms with E-state index in [1.807, 2.05) is 23.1 Å². The lowest BCUT2D eigenvalue weighted by Crippen LogP contribution is -2.46. The first-order valence-corrected chi connectivity index (χ1v) is 8.46. The summed E-state index contributed by atoms with van der Waals surface area (Å²) in [4.78, 5) is 8.56. The van der Waals surface area contributed by atoms with Crippen molar-refractivity contribution in [3.63, 3.8) is 0 Å². The van der Waals surface area contributed by atoms with Gasteiger partial charge < -0.3 is 14.2 Å². The molecule has 3 aromatic rings. The SMILES string of the molecule is N#Cc1nc(-c2cccc(F)c2)oc1N1CCN(c2ccccc2)CC1. The second-order valence-corrected chi connectivity index (χ2v) is 6.10. The van der Waals surface area contributed by atoms with Gasteiger partial charge in [0.05, 0.1) is 0 Å². The van der Waals surface area contributed by atoms with E-state index in [9.17, 15) is 9.65 Å². The molecule has 6 heteroatoms. The van der Waals surface area contributed by atoms with Gasteiger partial charge >= 0.3 is 0 Å². The van der Waals surface area contributed by atoms with E-state index in [0.29, 0.717) is 11.4 Å². The van der Waals surface area contributed by atoms with Crippen molar-refractivity contribution >= 4 is 11.6 Å². The number of oxazole rings is 1. The van der Waals surface area contributed by atoms with E-state index in [1.165, 1.54) is 17.8 Å². The van der Waals surface area contributed by atoms with Crippen molar-refractivity contribution in [2.45, 2.75) is 0 Å². The summed E-state index contributed by atoms with van der Waals surface area (Å²) in [6.07, 6.45) is 0. The van der Waals surface area contributed by atoms with Crippen LogP contribution in [0.4, 0.5) is 16.0 Å². The molecule has 130 valence electrons. The molecule has 5 nitrogen and oxygen atoms in total. The smallest absolute Gasteiger partial charge is 0.235 e. The zero-order valence-corrected chi connectivity index (χ0v) is 14.1. The zero-order chi connectivity index (χ0) is 17.9. The average Bonchev–Trinajstić information content (AvgIpc) is 3.13. The topological polar surface area (TPSA) is 56.3 Å². The number of hydrogen-bond acceptors (Lipinski definition) is 5. The summed E-state index contributed by atoms with van der Waals surface area (Å²) in [7, 11) is 0. The molecule has 0 N–H and O–H groups in total. The second-order valence-electron chi connectivity index (χ2n) is 6.10. The summed E-state index contributed by atoms with van der Waals surface area (Å²) in [6, 6.07) is 18.3. The molecule has 0 atom stereocenters. The number of benzene rings is 2. The number of rotatable bonds is 3. The minimum absolute atomic E-state index is 0.234. The fourth-order valence-electron chi connectivity index (χ4n) is 3.15. The highest BCUT2D eigenvalue weighted by molar-refractivity contribution is 5.60.